The molecule has 30 heavy (non-hydrogen) atoms. The number of hydrogen-bond donors (Lipinski definition) is 0. The van der Waals surface area contributed by atoms with E-state index in [-0.39, 0.29) is 24.1 Å². The van der Waals surface area contributed by atoms with Crippen LogP contribution in [-0.2, 0) is 6.67 Å². The molecule has 2 aromatic carbocycles. The molecule has 2 heterocycles. The summed E-state index contributed by atoms with van der Waals surface area (Å²) in [4.78, 5) is 37.8. The number of Topliss-reactive ketones (excluding diaryl/α,β-unsaturated/α-hetero) is 1. The van der Waals surface area contributed by atoms with Crippen LogP contribution in [0.5, 0.6) is 0 Å². The van der Waals surface area contributed by atoms with E-state index in [0.717, 1.165) is 16.7 Å². The first kappa shape index (κ1) is 20.0. The highest BCUT2D eigenvalue weighted by atomic mass is 16.6. The van der Waals surface area contributed by atoms with E-state index >= 15 is 0 Å². The molecule has 1 fully saturated rings. The zero-order valence-corrected chi connectivity index (χ0v) is 17.0. The second-order valence-electron chi connectivity index (χ2n) is 7.92. The van der Waals surface area contributed by atoms with E-state index in [9.17, 15) is 19.7 Å². The number of benzene rings is 2. The molecular weight excluding hydrogens is 386 g/mol. The smallest absolute Gasteiger partial charge is 0.408 e. The molecule has 156 valence electrons. The molecule has 0 unspecified atom stereocenters. The maximum atomic E-state index is 12.9. The fourth-order valence-electron chi connectivity index (χ4n) is 4.14. The van der Waals surface area contributed by atoms with Crippen LogP contribution < -0.4 is 5.76 Å². The van der Waals surface area contributed by atoms with E-state index in [4.69, 9.17) is 4.42 Å². The van der Waals surface area contributed by atoms with Crippen LogP contribution in [0.25, 0.3) is 11.1 Å². The number of carbonyl (C=O) groups excluding carboxylic acids is 1. The first-order chi connectivity index (χ1) is 14.3. The predicted molar refractivity (Wildman–Crippen MR) is 112 cm³/mol. The van der Waals surface area contributed by atoms with Gasteiger partial charge in [-0.25, -0.2) is 4.79 Å². The summed E-state index contributed by atoms with van der Waals surface area (Å²) in [5.41, 5.74) is 3.56. The SMILES string of the molecule is Cc1ccc(C(=O)C2CCN(Cn3c(=O)oc4ccc([N+](=O)[O-])cc43)CC2)c(C)c1. The Balaban J connectivity index is 1.47. The van der Waals surface area contributed by atoms with E-state index in [2.05, 4.69) is 4.90 Å². The molecule has 0 saturated carbocycles. The summed E-state index contributed by atoms with van der Waals surface area (Å²) < 4.78 is 6.63. The van der Waals surface area contributed by atoms with Crippen LogP contribution in [0, 0.1) is 29.9 Å². The highest BCUT2D eigenvalue weighted by molar-refractivity contribution is 5.99. The molecule has 3 aromatic rings. The van der Waals surface area contributed by atoms with Crippen molar-refractivity contribution in [2.75, 3.05) is 13.1 Å². The summed E-state index contributed by atoms with van der Waals surface area (Å²) >= 11 is 0. The predicted octanol–water partition coefficient (Wildman–Crippen LogP) is 3.67. The summed E-state index contributed by atoms with van der Waals surface area (Å²) in [6, 6.07) is 10.0. The lowest BCUT2D eigenvalue weighted by atomic mass is 9.87. The first-order valence-electron chi connectivity index (χ1n) is 9.95. The number of oxazole rings is 1. The number of hydrogen-bond acceptors (Lipinski definition) is 6. The Kier molecular flexibility index (Phi) is 5.26. The average molecular weight is 409 g/mol. The Hall–Kier alpha value is -3.26. The van der Waals surface area contributed by atoms with Crippen molar-refractivity contribution in [1.82, 2.24) is 9.47 Å². The van der Waals surface area contributed by atoms with Crippen molar-refractivity contribution in [2.24, 2.45) is 5.92 Å². The molecule has 1 aliphatic rings. The number of non-ortho nitro benzene ring substituents is 1. The van der Waals surface area contributed by atoms with Crippen molar-refractivity contribution in [1.29, 1.82) is 0 Å². The third kappa shape index (κ3) is 3.78. The van der Waals surface area contributed by atoms with Crippen LogP contribution in [0.1, 0.15) is 34.3 Å². The van der Waals surface area contributed by atoms with E-state index in [0.29, 0.717) is 37.0 Å². The number of piperidine rings is 1. The Labute approximate surface area is 172 Å². The number of fused-ring (bicyclic) bond motifs is 1. The number of nitro groups is 1. The standard InChI is InChI=1S/C22H23N3O5/c1-14-3-5-18(15(2)11-14)21(26)16-7-9-23(10-8-16)13-24-19-12-17(25(28)29)4-6-20(19)30-22(24)27/h3-6,11-12,16H,7-10,13H2,1-2H3. The van der Waals surface area contributed by atoms with E-state index in [1.54, 1.807) is 0 Å². The Morgan fingerprint density at radius 1 is 1.17 bits per heavy atom. The highest BCUT2D eigenvalue weighted by Crippen LogP contribution is 2.25. The van der Waals surface area contributed by atoms with Crippen LogP contribution >= 0.6 is 0 Å². The van der Waals surface area contributed by atoms with E-state index in [1.165, 1.54) is 22.8 Å². The lowest BCUT2D eigenvalue weighted by Crippen LogP contribution is -2.39. The quantitative estimate of drug-likeness (QED) is 0.362. The average Bonchev–Trinajstić information content (AvgIpc) is 3.02. The Morgan fingerprint density at radius 3 is 2.57 bits per heavy atom. The van der Waals surface area contributed by atoms with Gasteiger partial charge < -0.3 is 4.42 Å². The topological polar surface area (TPSA) is 98.6 Å². The van der Waals surface area contributed by atoms with Gasteiger partial charge >= 0.3 is 5.76 Å². The largest absolute Gasteiger partial charge is 0.421 e. The molecule has 0 amide bonds. The molecule has 8 nitrogen and oxygen atoms in total. The molecule has 0 bridgehead atoms. The zero-order valence-electron chi connectivity index (χ0n) is 17.0. The minimum absolute atomic E-state index is 0.0402. The first-order valence-corrected chi connectivity index (χ1v) is 9.95. The number of aryl methyl sites for hydroxylation is 2. The fraction of sp³-hybridized carbons (Fsp3) is 0.364. The number of nitro benzene ring substituents is 1. The van der Waals surface area contributed by atoms with Gasteiger partial charge in [-0.1, -0.05) is 23.8 Å². The van der Waals surface area contributed by atoms with Crippen molar-refractivity contribution < 1.29 is 14.1 Å². The third-order valence-corrected chi connectivity index (χ3v) is 5.81. The lowest BCUT2D eigenvalue weighted by Gasteiger charge is -2.31. The van der Waals surface area contributed by atoms with Crippen molar-refractivity contribution in [3.63, 3.8) is 0 Å². The van der Waals surface area contributed by atoms with Crippen LogP contribution in [0.2, 0.25) is 0 Å². The molecule has 1 saturated heterocycles. The van der Waals surface area contributed by atoms with Gasteiger partial charge in [-0.15, -0.1) is 0 Å². The van der Waals surface area contributed by atoms with Crippen LogP contribution in [-0.4, -0.2) is 33.3 Å². The van der Waals surface area contributed by atoms with Gasteiger partial charge in [-0.05, 0) is 38.3 Å². The summed E-state index contributed by atoms with van der Waals surface area (Å²) in [5, 5.41) is 11.1. The summed E-state index contributed by atoms with van der Waals surface area (Å²) in [5.74, 6) is -0.408. The van der Waals surface area contributed by atoms with Gasteiger partial charge in [-0.3, -0.25) is 24.4 Å². The van der Waals surface area contributed by atoms with Crippen LogP contribution in [0.4, 0.5) is 5.69 Å². The van der Waals surface area contributed by atoms with E-state index < -0.39 is 10.7 Å². The molecule has 0 aliphatic carbocycles. The van der Waals surface area contributed by atoms with Gasteiger partial charge in [-0.2, -0.15) is 0 Å². The van der Waals surface area contributed by atoms with Crippen molar-refractivity contribution >= 4 is 22.6 Å². The van der Waals surface area contributed by atoms with Crippen molar-refractivity contribution in [3.8, 4) is 0 Å². The van der Waals surface area contributed by atoms with Gasteiger partial charge in [0.1, 0.15) is 0 Å². The highest BCUT2D eigenvalue weighted by Gasteiger charge is 2.27. The summed E-state index contributed by atoms with van der Waals surface area (Å²) in [6.07, 6.45) is 1.41. The van der Waals surface area contributed by atoms with E-state index in [1.807, 2.05) is 32.0 Å². The maximum Gasteiger partial charge on any atom is 0.421 e. The second kappa shape index (κ2) is 7.87. The van der Waals surface area contributed by atoms with Gasteiger partial charge in [0.15, 0.2) is 11.4 Å². The maximum absolute atomic E-state index is 12.9. The minimum atomic E-state index is -0.543. The van der Waals surface area contributed by atoms with Gasteiger partial charge in [0.25, 0.3) is 5.69 Å². The molecule has 0 spiro atoms. The van der Waals surface area contributed by atoms with Gasteiger partial charge in [0, 0.05) is 36.7 Å². The molecule has 0 atom stereocenters. The van der Waals surface area contributed by atoms with Crippen molar-refractivity contribution in [3.05, 3.63) is 73.8 Å². The molecule has 1 aromatic heterocycles. The number of likely N-dealkylation sites (tertiary alicyclic amines) is 1. The Bertz CT molecular complexity index is 1190. The summed E-state index contributed by atoms with van der Waals surface area (Å²) in [7, 11) is 0. The lowest BCUT2D eigenvalue weighted by molar-refractivity contribution is -0.384. The number of nitrogens with zero attached hydrogens (tertiary/aromatic N) is 3. The molecular formula is C22H23N3O5. The fourth-order valence-corrected chi connectivity index (χ4v) is 4.14. The number of aromatic nitrogens is 1. The number of rotatable bonds is 5. The van der Waals surface area contributed by atoms with Gasteiger partial charge in [0.05, 0.1) is 17.1 Å². The molecule has 8 heteroatoms. The monoisotopic (exact) mass is 409 g/mol. The normalized spacial score (nSPS) is 15.5. The van der Waals surface area contributed by atoms with Gasteiger partial charge in [0.2, 0.25) is 0 Å². The minimum Gasteiger partial charge on any atom is -0.408 e. The molecule has 0 N–H and O–H groups in total. The second-order valence-corrected chi connectivity index (χ2v) is 7.92. The van der Waals surface area contributed by atoms with Crippen LogP contribution in [0.3, 0.4) is 0 Å². The summed E-state index contributed by atoms with van der Waals surface area (Å²) in [6.45, 7) is 5.57. The third-order valence-electron chi connectivity index (χ3n) is 5.81. The zero-order chi connectivity index (χ0) is 21.4. The van der Waals surface area contributed by atoms with Crippen molar-refractivity contribution in [2.45, 2.75) is 33.4 Å². The molecule has 4 rings (SSSR count). The molecule has 0 radical (unpaired) electrons. The van der Waals surface area contributed by atoms with Crippen LogP contribution in [0.15, 0.2) is 45.6 Å². The number of ketones is 1. The number of carbonyl (C=O) groups is 1. The Morgan fingerprint density at radius 2 is 1.90 bits per heavy atom. The molecule has 1 aliphatic heterocycles.